The first-order chi connectivity index (χ1) is 9.60. The summed E-state index contributed by atoms with van der Waals surface area (Å²) in [5.74, 6) is -0.124. The molecular weight excluding hydrogens is 254 g/mol. The number of rotatable bonds is 4. The number of hydrogen-bond donors (Lipinski definition) is 2. The number of nitrogens with zero attached hydrogens (tertiary/aromatic N) is 1. The van der Waals surface area contributed by atoms with Crippen LogP contribution >= 0.6 is 0 Å². The molecule has 5 nitrogen and oxygen atoms in total. The fourth-order valence-electron chi connectivity index (χ4n) is 1.96. The fraction of sp³-hybridized carbons (Fsp3) is 0.200. The highest BCUT2D eigenvalue weighted by molar-refractivity contribution is 5.93. The van der Waals surface area contributed by atoms with Gasteiger partial charge in [0.1, 0.15) is 6.04 Å². The maximum absolute atomic E-state index is 12.3. The molecule has 20 heavy (non-hydrogen) atoms. The molecule has 1 heterocycles. The second kappa shape index (κ2) is 6.06. The van der Waals surface area contributed by atoms with Crippen molar-refractivity contribution in [1.82, 2.24) is 4.57 Å². The Morgan fingerprint density at radius 1 is 1.20 bits per heavy atom. The minimum absolute atomic E-state index is 0.0740. The van der Waals surface area contributed by atoms with Crippen LogP contribution in [-0.2, 0) is 4.79 Å². The average molecular weight is 271 g/mol. The number of nitrogens with two attached hydrogens (primary N) is 1. The standard InChI is InChI=1S/C15H17N3O2/c1-2-14(18-9-7-13(19)8-10-18)15(20)17-12-5-3-11(16)4-6-12/h3-10,14H,2,16H2,1H3,(H,17,20). The number of pyridine rings is 1. The lowest BCUT2D eigenvalue weighted by molar-refractivity contribution is -0.119. The predicted octanol–water partition coefficient (Wildman–Crippen LogP) is 2.02. The van der Waals surface area contributed by atoms with Gasteiger partial charge in [-0.15, -0.1) is 0 Å². The molecule has 3 N–H and O–H groups in total. The average Bonchev–Trinajstić information content (AvgIpc) is 2.44. The number of anilines is 2. The first kappa shape index (κ1) is 13.9. The molecule has 1 amide bonds. The number of aromatic nitrogens is 1. The summed E-state index contributed by atoms with van der Waals surface area (Å²) in [4.78, 5) is 23.4. The topological polar surface area (TPSA) is 77.1 Å². The highest BCUT2D eigenvalue weighted by Gasteiger charge is 2.17. The van der Waals surface area contributed by atoms with Gasteiger partial charge in [0.15, 0.2) is 5.43 Å². The normalized spacial score (nSPS) is 11.8. The zero-order valence-electron chi connectivity index (χ0n) is 11.2. The first-order valence-corrected chi connectivity index (χ1v) is 6.44. The van der Waals surface area contributed by atoms with Crippen molar-refractivity contribution in [2.24, 2.45) is 0 Å². The van der Waals surface area contributed by atoms with Gasteiger partial charge in [-0.3, -0.25) is 9.59 Å². The van der Waals surface area contributed by atoms with E-state index in [-0.39, 0.29) is 17.4 Å². The minimum atomic E-state index is -0.354. The quantitative estimate of drug-likeness (QED) is 0.835. The summed E-state index contributed by atoms with van der Waals surface area (Å²) >= 11 is 0. The molecular formula is C15H17N3O2. The first-order valence-electron chi connectivity index (χ1n) is 6.44. The number of hydrogen-bond acceptors (Lipinski definition) is 3. The molecule has 1 aromatic carbocycles. The molecule has 2 aromatic rings. The highest BCUT2D eigenvalue weighted by Crippen LogP contribution is 2.16. The summed E-state index contributed by atoms with van der Waals surface area (Å²) in [6.45, 7) is 1.92. The van der Waals surface area contributed by atoms with E-state index in [9.17, 15) is 9.59 Å². The number of benzene rings is 1. The Labute approximate surface area is 117 Å². The van der Waals surface area contributed by atoms with Crippen LogP contribution in [0.4, 0.5) is 11.4 Å². The SMILES string of the molecule is CCC(C(=O)Nc1ccc(N)cc1)n1ccc(=O)cc1. The third-order valence-corrected chi connectivity index (χ3v) is 3.05. The Hall–Kier alpha value is -2.56. The lowest BCUT2D eigenvalue weighted by atomic mass is 10.2. The number of amides is 1. The van der Waals surface area contributed by atoms with Crippen molar-refractivity contribution in [3.8, 4) is 0 Å². The number of nitrogen functional groups attached to an aromatic ring is 1. The van der Waals surface area contributed by atoms with Gasteiger partial charge in [-0.2, -0.15) is 0 Å². The summed E-state index contributed by atoms with van der Waals surface area (Å²) in [5.41, 5.74) is 6.87. The predicted molar refractivity (Wildman–Crippen MR) is 79.5 cm³/mol. The molecule has 1 atom stereocenters. The Morgan fingerprint density at radius 3 is 2.35 bits per heavy atom. The molecule has 5 heteroatoms. The highest BCUT2D eigenvalue weighted by atomic mass is 16.2. The van der Waals surface area contributed by atoms with E-state index >= 15 is 0 Å². The molecule has 0 fully saturated rings. The molecule has 0 spiro atoms. The molecule has 0 aliphatic heterocycles. The van der Waals surface area contributed by atoms with Crippen LogP contribution in [-0.4, -0.2) is 10.5 Å². The number of carbonyl (C=O) groups excluding carboxylic acids is 1. The molecule has 0 radical (unpaired) electrons. The lowest BCUT2D eigenvalue weighted by Gasteiger charge is -2.18. The second-order valence-corrected chi connectivity index (χ2v) is 4.52. The van der Waals surface area contributed by atoms with Gasteiger partial charge in [0, 0.05) is 35.9 Å². The monoisotopic (exact) mass is 271 g/mol. The van der Waals surface area contributed by atoms with Gasteiger partial charge in [-0.25, -0.2) is 0 Å². The Bertz CT molecular complexity index is 626. The molecule has 0 aliphatic carbocycles. The lowest BCUT2D eigenvalue weighted by Crippen LogP contribution is -2.25. The molecule has 104 valence electrons. The van der Waals surface area contributed by atoms with Gasteiger partial charge in [0.05, 0.1) is 0 Å². The van der Waals surface area contributed by atoms with Crippen molar-refractivity contribution in [2.45, 2.75) is 19.4 Å². The van der Waals surface area contributed by atoms with Crippen LogP contribution in [0.2, 0.25) is 0 Å². The third-order valence-electron chi connectivity index (χ3n) is 3.05. The van der Waals surface area contributed by atoms with E-state index < -0.39 is 0 Å². The van der Waals surface area contributed by atoms with Crippen molar-refractivity contribution < 1.29 is 4.79 Å². The largest absolute Gasteiger partial charge is 0.399 e. The van der Waals surface area contributed by atoms with Crippen LogP contribution in [0.25, 0.3) is 0 Å². The van der Waals surface area contributed by atoms with E-state index in [1.807, 2.05) is 6.92 Å². The molecule has 1 unspecified atom stereocenters. The van der Waals surface area contributed by atoms with Crippen LogP contribution in [0.3, 0.4) is 0 Å². The van der Waals surface area contributed by atoms with Gasteiger partial charge in [-0.05, 0) is 30.7 Å². The van der Waals surface area contributed by atoms with E-state index in [1.54, 1.807) is 41.2 Å². The van der Waals surface area contributed by atoms with Crippen molar-refractivity contribution in [3.63, 3.8) is 0 Å². The Balaban J connectivity index is 2.15. The van der Waals surface area contributed by atoms with Crippen molar-refractivity contribution in [1.29, 1.82) is 0 Å². The van der Waals surface area contributed by atoms with Crippen LogP contribution in [0.5, 0.6) is 0 Å². The fourth-order valence-corrected chi connectivity index (χ4v) is 1.96. The second-order valence-electron chi connectivity index (χ2n) is 4.52. The van der Waals surface area contributed by atoms with Crippen LogP contribution in [0.1, 0.15) is 19.4 Å². The molecule has 1 aromatic heterocycles. The smallest absolute Gasteiger partial charge is 0.247 e. The number of nitrogens with one attached hydrogen (secondary N) is 1. The molecule has 0 saturated heterocycles. The summed E-state index contributed by atoms with van der Waals surface area (Å²) in [6.07, 6.45) is 3.88. The van der Waals surface area contributed by atoms with Gasteiger partial charge >= 0.3 is 0 Å². The zero-order chi connectivity index (χ0) is 14.5. The van der Waals surface area contributed by atoms with E-state index in [4.69, 9.17) is 5.73 Å². The van der Waals surface area contributed by atoms with E-state index in [0.29, 0.717) is 17.8 Å². The molecule has 2 rings (SSSR count). The summed E-state index contributed by atoms with van der Waals surface area (Å²) in [6, 6.07) is 9.51. The zero-order valence-corrected chi connectivity index (χ0v) is 11.2. The van der Waals surface area contributed by atoms with Gasteiger partial charge in [-0.1, -0.05) is 6.92 Å². The van der Waals surface area contributed by atoms with Crippen LogP contribution in [0, 0.1) is 0 Å². The van der Waals surface area contributed by atoms with Gasteiger partial charge in [0.2, 0.25) is 5.91 Å². The summed E-state index contributed by atoms with van der Waals surface area (Å²) in [7, 11) is 0. The van der Waals surface area contributed by atoms with Gasteiger partial charge in [0.25, 0.3) is 0 Å². The Kier molecular flexibility index (Phi) is 4.20. The van der Waals surface area contributed by atoms with E-state index in [2.05, 4.69) is 5.32 Å². The van der Waals surface area contributed by atoms with Crippen molar-refractivity contribution in [3.05, 3.63) is 59.0 Å². The minimum Gasteiger partial charge on any atom is -0.399 e. The van der Waals surface area contributed by atoms with Crippen molar-refractivity contribution in [2.75, 3.05) is 11.1 Å². The molecule has 0 bridgehead atoms. The summed E-state index contributed by atoms with van der Waals surface area (Å²) < 4.78 is 1.73. The molecule has 0 saturated carbocycles. The van der Waals surface area contributed by atoms with Crippen molar-refractivity contribution >= 4 is 17.3 Å². The van der Waals surface area contributed by atoms with E-state index in [1.165, 1.54) is 12.1 Å². The Morgan fingerprint density at radius 2 is 1.80 bits per heavy atom. The third kappa shape index (κ3) is 3.26. The number of carbonyl (C=O) groups is 1. The maximum atomic E-state index is 12.3. The van der Waals surface area contributed by atoms with E-state index in [0.717, 1.165) is 0 Å². The maximum Gasteiger partial charge on any atom is 0.247 e. The van der Waals surface area contributed by atoms with Gasteiger partial charge < -0.3 is 15.6 Å². The summed E-state index contributed by atoms with van der Waals surface area (Å²) in [5, 5.41) is 2.84. The molecule has 0 aliphatic rings. The van der Waals surface area contributed by atoms with Crippen LogP contribution in [0.15, 0.2) is 53.6 Å². The van der Waals surface area contributed by atoms with Crippen LogP contribution < -0.4 is 16.5 Å².